The van der Waals surface area contributed by atoms with Gasteiger partial charge in [0.25, 0.3) is 0 Å². The smallest absolute Gasteiger partial charge is 0.323 e. The van der Waals surface area contributed by atoms with Crippen molar-refractivity contribution in [3.05, 3.63) is 34.9 Å². The fourth-order valence-corrected chi connectivity index (χ4v) is 2.37. The molecule has 19 heavy (non-hydrogen) atoms. The van der Waals surface area contributed by atoms with E-state index in [1.54, 1.807) is 6.92 Å². The molecule has 1 aromatic carbocycles. The second-order valence-electron chi connectivity index (χ2n) is 5.04. The quantitative estimate of drug-likeness (QED) is 0.794. The molecular weight excluding hydrogens is 262 g/mol. The van der Waals surface area contributed by atoms with E-state index in [-0.39, 0.29) is 6.04 Å². The van der Waals surface area contributed by atoms with Gasteiger partial charge in [-0.15, -0.1) is 0 Å². The van der Waals surface area contributed by atoms with Crippen molar-refractivity contribution in [1.29, 1.82) is 0 Å². The van der Waals surface area contributed by atoms with E-state index in [0.29, 0.717) is 11.4 Å². The van der Waals surface area contributed by atoms with Gasteiger partial charge in [-0.25, -0.2) is 0 Å². The summed E-state index contributed by atoms with van der Waals surface area (Å²) < 4.78 is 0. The largest absolute Gasteiger partial charge is 0.480 e. The van der Waals surface area contributed by atoms with E-state index in [0.717, 1.165) is 18.4 Å². The van der Waals surface area contributed by atoms with Crippen LogP contribution < -0.4 is 5.32 Å². The zero-order chi connectivity index (χ0) is 14.5. The molecule has 0 heterocycles. The Hall–Kier alpha value is -1.06. The predicted octanol–water partition coefficient (Wildman–Crippen LogP) is 4.02. The summed E-state index contributed by atoms with van der Waals surface area (Å²) in [6, 6.07) is 7.57. The van der Waals surface area contributed by atoms with Crippen LogP contribution in [-0.4, -0.2) is 16.6 Å². The van der Waals surface area contributed by atoms with Crippen LogP contribution in [0.2, 0.25) is 5.02 Å². The molecule has 0 aromatic heterocycles. The first kappa shape index (κ1) is 16.0. The van der Waals surface area contributed by atoms with E-state index in [1.165, 1.54) is 0 Å². The van der Waals surface area contributed by atoms with E-state index < -0.39 is 11.5 Å². The number of halogens is 1. The van der Waals surface area contributed by atoms with E-state index >= 15 is 0 Å². The van der Waals surface area contributed by atoms with Crippen LogP contribution >= 0.6 is 11.6 Å². The molecule has 0 radical (unpaired) electrons. The van der Waals surface area contributed by atoms with Crippen molar-refractivity contribution in [3.63, 3.8) is 0 Å². The maximum Gasteiger partial charge on any atom is 0.323 e. The van der Waals surface area contributed by atoms with Crippen molar-refractivity contribution in [2.24, 2.45) is 0 Å². The molecular formula is C15H22ClNO2. The Balaban J connectivity index is 2.91. The lowest BCUT2D eigenvalue weighted by Gasteiger charge is -2.31. The molecule has 0 aliphatic rings. The summed E-state index contributed by atoms with van der Waals surface area (Å²) in [4.78, 5) is 11.5. The Morgan fingerprint density at radius 1 is 1.37 bits per heavy atom. The third-order valence-electron chi connectivity index (χ3n) is 3.40. The highest BCUT2D eigenvalue weighted by Gasteiger charge is 2.34. The summed E-state index contributed by atoms with van der Waals surface area (Å²) in [5, 5.41) is 13.4. The molecule has 106 valence electrons. The molecule has 2 atom stereocenters. The SMILES string of the molecule is CCCC(C)(NC(CC)c1ccc(Cl)cc1)C(=O)O. The summed E-state index contributed by atoms with van der Waals surface area (Å²) in [6.45, 7) is 5.78. The minimum atomic E-state index is -0.894. The van der Waals surface area contributed by atoms with Gasteiger partial charge in [0, 0.05) is 11.1 Å². The van der Waals surface area contributed by atoms with Gasteiger partial charge >= 0.3 is 5.97 Å². The maximum atomic E-state index is 11.5. The van der Waals surface area contributed by atoms with Crippen molar-refractivity contribution in [2.45, 2.75) is 51.6 Å². The molecule has 0 aliphatic carbocycles. The van der Waals surface area contributed by atoms with Crippen LogP contribution in [0.25, 0.3) is 0 Å². The average molecular weight is 284 g/mol. The maximum absolute atomic E-state index is 11.5. The van der Waals surface area contributed by atoms with Crippen molar-refractivity contribution in [2.75, 3.05) is 0 Å². The van der Waals surface area contributed by atoms with Crippen molar-refractivity contribution in [3.8, 4) is 0 Å². The molecule has 0 aliphatic heterocycles. The molecule has 0 spiro atoms. The summed E-state index contributed by atoms with van der Waals surface area (Å²) >= 11 is 5.88. The number of benzene rings is 1. The predicted molar refractivity (Wildman–Crippen MR) is 78.6 cm³/mol. The van der Waals surface area contributed by atoms with Gasteiger partial charge in [-0.2, -0.15) is 0 Å². The van der Waals surface area contributed by atoms with Crippen LogP contribution in [0.5, 0.6) is 0 Å². The zero-order valence-corrected chi connectivity index (χ0v) is 12.5. The van der Waals surface area contributed by atoms with Gasteiger partial charge in [-0.1, -0.05) is 44.0 Å². The van der Waals surface area contributed by atoms with E-state index in [9.17, 15) is 9.90 Å². The summed E-state index contributed by atoms with van der Waals surface area (Å²) in [5.74, 6) is -0.804. The minimum Gasteiger partial charge on any atom is -0.480 e. The van der Waals surface area contributed by atoms with Crippen molar-refractivity contribution < 1.29 is 9.90 Å². The number of carboxylic acids is 1. The molecule has 4 heteroatoms. The summed E-state index contributed by atoms with van der Waals surface area (Å²) in [7, 11) is 0. The lowest BCUT2D eigenvalue weighted by Crippen LogP contribution is -2.50. The van der Waals surface area contributed by atoms with Crippen LogP contribution in [0.15, 0.2) is 24.3 Å². The van der Waals surface area contributed by atoms with Gasteiger partial charge in [-0.05, 0) is 37.5 Å². The Bertz CT molecular complexity index is 419. The van der Waals surface area contributed by atoms with Crippen LogP contribution in [0.3, 0.4) is 0 Å². The van der Waals surface area contributed by atoms with Crippen LogP contribution in [0.4, 0.5) is 0 Å². The van der Waals surface area contributed by atoms with Gasteiger partial charge in [-0.3, -0.25) is 10.1 Å². The first-order valence-electron chi connectivity index (χ1n) is 6.69. The van der Waals surface area contributed by atoms with Crippen LogP contribution in [-0.2, 0) is 4.79 Å². The Kier molecular flexibility index (Phi) is 5.83. The number of hydrogen-bond acceptors (Lipinski definition) is 2. The standard InChI is InChI=1S/C15H22ClNO2/c1-4-10-15(3,14(18)19)17-13(5-2)11-6-8-12(16)9-7-11/h6-9,13,17H,4-5,10H2,1-3H3,(H,18,19). The lowest BCUT2D eigenvalue weighted by molar-refractivity contribution is -0.144. The van der Waals surface area contributed by atoms with E-state index in [2.05, 4.69) is 5.32 Å². The Labute approximate surface area is 120 Å². The van der Waals surface area contributed by atoms with Crippen LogP contribution in [0, 0.1) is 0 Å². The lowest BCUT2D eigenvalue weighted by atomic mass is 9.92. The monoisotopic (exact) mass is 283 g/mol. The molecule has 0 saturated heterocycles. The molecule has 2 unspecified atom stereocenters. The molecule has 0 fully saturated rings. The highest BCUT2D eigenvalue weighted by molar-refractivity contribution is 6.30. The van der Waals surface area contributed by atoms with Crippen molar-refractivity contribution >= 4 is 17.6 Å². The molecule has 0 amide bonds. The topological polar surface area (TPSA) is 49.3 Å². The normalized spacial score (nSPS) is 15.8. The number of nitrogens with one attached hydrogen (secondary N) is 1. The number of carbonyl (C=O) groups is 1. The Morgan fingerprint density at radius 2 is 1.95 bits per heavy atom. The molecule has 0 bridgehead atoms. The third kappa shape index (κ3) is 4.22. The number of rotatable bonds is 7. The molecule has 1 rings (SSSR count). The van der Waals surface area contributed by atoms with E-state index in [4.69, 9.17) is 11.6 Å². The van der Waals surface area contributed by atoms with Gasteiger partial charge < -0.3 is 5.11 Å². The first-order chi connectivity index (χ1) is 8.92. The van der Waals surface area contributed by atoms with Gasteiger partial charge in [0.15, 0.2) is 0 Å². The average Bonchev–Trinajstić information content (AvgIpc) is 2.37. The molecule has 1 aromatic rings. The summed E-state index contributed by atoms with van der Waals surface area (Å²) in [6.07, 6.45) is 2.26. The highest BCUT2D eigenvalue weighted by atomic mass is 35.5. The van der Waals surface area contributed by atoms with Crippen LogP contribution in [0.1, 0.15) is 51.6 Å². The third-order valence-corrected chi connectivity index (χ3v) is 3.65. The van der Waals surface area contributed by atoms with Gasteiger partial charge in [0.2, 0.25) is 0 Å². The minimum absolute atomic E-state index is 0.0184. The molecule has 3 nitrogen and oxygen atoms in total. The second kappa shape index (κ2) is 6.92. The van der Waals surface area contributed by atoms with E-state index in [1.807, 2.05) is 38.1 Å². The zero-order valence-electron chi connectivity index (χ0n) is 11.7. The fourth-order valence-electron chi connectivity index (χ4n) is 2.24. The second-order valence-corrected chi connectivity index (χ2v) is 5.48. The summed E-state index contributed by atoms with van der Waals surface area (Å²) in [5.41, 5.74) is 0.171. The first-order valence-corrected chi connectivity index (χ1v) is 7.07. The van der Waals surface area contributed by atoms with Crippen molar-refractivity contribution in [1.82, 2.24) is 5.32 Å². The highest BCUT2D eigenvalue weighted by Crippen LogP contribution is 2.24. The van der Waals surface area contributed by atoms with Gasteiger partial charge in [0.05, 0.1) is 0 Å². The number of hydrogen-bond donors (Lipinski definition) is 2. The number of carboxylic acid groups (broad SMARTS) is 1. The fraction of sp³-hybridized carbons (Fsp3) is 0.533. The Morgan fingerprint density at radius 3 is 2.37 bits per heavy atom. The number of aliphatic carboxylic acids is 1. The molecule has 2 N–H and O–H groups in total. The molecule has 0 saturated carbocycles. The van der Waals surface area contributed by atoms with Gasteiger partial charge in [0.1, 0.15) is 5.54 Å².